The molecule has 3 aliphatic rings. The molecule has 3 aliphatic carbocycles. The smallest absolute Gasteiger partial charge is 0.0726 e. The van der Waals surface area contributed by atoms with Crippen molar-refractivity contribution in [1.29, 1.82) is 0 Å². The van der Waals surface area contributed by atoms with E-state index in [0.29, 0.717) is 0 Å². The minimum absolute atomic E-state index is 0.233. The van der Waals surface area contributed by atoms with Gasteiger partial charge in [-0.15, -0.1) is 0 Å². The fourth-order valence-electron chi connectivity index (χ4n) is 12.5. The van der Waals surface area contributed by atoms with E-state index in [1.807, 2.05) is 0 Å². The Labute approximate surface area is 404 Å². The zero-order valence-corrected chi connectivity index (χ0v) is 38.6. The van der Waals surface area contributed by atoms with Gasteiger partial charge in [0.05, 0.1) is 5.41 Å². The maximum atomic E-state index is 2.51. The minimum Gasteiger partial charge on any atom is -0.310 e. The summed E-state index contributed by atoms with van der Waals surface area (Å²) < 4.78 is 0. The van der Waals surface area contributed by atoms with Gasteiger partial charge in [-0.1, -0.05) is 220 Å². The highest BCUT2D eigenvalue weighted by Gasteiger charge is 2.51. The van der Waals surface area contributed by atoms with E-state index in [1.54, 1.807) is 0 Å². The van der Waals surface area contributed by atoms with Gasteiger partial charge >= 0.3 is 0 Å². The fourth-order valence-corrected chi connectivity index (χ4v) is 12.5. The minimum atomic E-state index is -0.445. The predicted octanol–water partition coefficient (Wildman–Crippen LogP) is 18.0. The quantitative estimate of drug-likeness (QED) is 0.161. The molecular formula is C68H47N. The van der Waals surface area contributed by atoms with Gasteiger partial charge in [0, 0.05) is 22.5 Å². The second kappa shape index (κ2) is 15.0. The summed E-state index contributed by atoms with van der Waals surface area (Å²) in [7, 11) is 0. The SMILES string of the molecule is CC1(C)c2cc(-c3cccc4ccccc34)ccc2-c2ccc(N(c3ccc(-c4ccc(-c5ccccc5)cc4)cc3)c3ccc4c(c3)C3(c5ccccc5-c5ccccc53)c3ccccc3-4)cc21. The van der Waals surface area contributed by atoms with Crippen LogP contribution in [0.4, 0.5) is 17.1 Å². The molecule has 0 amide bonds. The Morgan fingerprint density at radius 2 is 0.652 bits per heavy atom. The average molecular weight is 878 g/mol. The Morgan fingerprint density at radius 3 is 1.26 bits per heavy atom. The van der Waals surface area contributed by atoms with Gasteiger partial charge in [0.1, 0.15) is 0 Å². The van der Waals surface area contributed by atoms with Crippen LogP contribution in [0, 0.1) is 0 Å². The Bertz CT molecular complexity index is 3790. The molecular weight excluding hydrogens is 831 g/mol. The first-order valence-electron chi connectivity index (χ1n) is 24.2. The van der Waals surface area contributed by atoms with Crippen LogP contribution in [0.15, 0.2) is 249 Å². The highest BCUT2D eigenvalue weighted by molar-refractivity contribution is 5.99. The number of fused-ring (bicyclic) bond motifs is 14. The molecule has 11 aromatic carbocycles. The van der Waals surface area contributed by atoms with Crippen molar-refractivity contribution in [3.05, 3.63) is 282 Å². The number of nitrogens with zero attached hydrogens (tertiary/aromatic N) is 1. The first-order chi connectivity index (χ1) is 34.0. The van der Waals surface area contributed by atoms with Gasteiger partial charge in [0.2, 0.25) is 0 Å². The Balaban J connectivity index is 0.928. The summed E-state index contributed by atoms with van der Waals surface area (Å²) in [6.07, 6.45) is 0. The van der Waals surface area contributed by atoms with Crippen molar-refractivity contribution in [3.63, 3.8) is 0 Å². The molecule has 0 radical (unpaired) electrons. The van der Waals surface area contributed by atoms with Crippen LogP contribution in [0.25, 0.3) is 77.5 Å². The van der Waals surface area contributed by atoms with Crippen LogP contribution in [-0.2, 0) is 10.8 Å². The topological polar surface area (TPSA) is 3.24 Å². The van der Waals surface area contributed by atoms with Crippen LogP contribution in [0.1, 0.15) is 47.2 Å². The molecule has 0 saturated heterocycles. The molecule has 1 heteroatoms. The van der Waals surface area contributed by atoms with E-state index >= 15 is 0 Å². The summed E-state index contributed by atoms with van der Waals surface area (Å²) in [6.45, 7) is 4.81. The van der Waals surface area contributed by atoms with Crippen molar-refractivity contribution in [2.45, 2.75) is 24.7 Å². The lowest BCUT2D eigenvalue weighted by Gasteiger charge is -2.32. The molecule has 0 aromatic heterocycles. The van der Waals surface area contributed by atoms with Crippen LogP contribution in [-0.4, -0.2) is 0 Å². The fraction of sp³-hybridized carbons (Fsp3) is 0.0588. The lowest BCUT2D eigenvalue weighted by atomic mass is 9.70. The van der Waals surface area contributed by atoms with Crippen LogP contribution >= 0.6 is 0 Å². The Kier molecular flexibility index (Phi) is 8.61. The highest BCUT2D eigenvalue weighted by atomic mass is 15.1. The number of hydrogen-bond acceptors (Lipinski definition) is 1. The monoisotopic (exact) mass is 877 g/mol. The van der Waals surface area contributed by atoms with Gasteiger partial charge in [-0.05, 0) is 153 Å². The molecule has 0 aliphatic heterocycles. The maximum absolute atomic E-state index is 2.51. The standard InChI is InChI=1S/C68H47N/c1-67(2)64-41-49(54-23-14-18-48-17-6-7-19-53(48)54)33-38-58(64)59-39-36-51(42-65(59)67)69(50-34-31-47(32-35-50)46-29-27-45(28-30-46)44-15-4-3-5-16-44)52-37-40-60-57-22-10-13-26-63(57)68(66(60)43-52)61-24-11-8-20-55(61)56-21-9-12-25-62(56)68/h3-43H,1-2H3. The lowest BCUT2D eigenvalue weighted by molar-refractivity contribution is 0.660. The van der Waals surface area contributed by atoms with Crippen LogP contribution < -0.4 is 4.90 Å². The van der Waals surface area contributed by atoms with Crippen molar-refractivity contribution in [2.24, 2.45) is 0 Å². The molecule has 69 heavy (non-hydrogen) atoms. The zero-order valence-electron chi connectivity index (χ0n) is 38.6. The molecule has 14 rings (SSSR count). The van der Waals surface area contributed by atoms with Gasteiger partial charge in [-0.3, -0.25) is 0 Å². The van der Waals surface area contributed by atoms with Gasteiger partial charge in [-0.2, -0.15) is 0 Å². The van der Waals surface area contributed by atoms with Gasteiger partial charge < -0.3 is 4.90 Å². The van der Waals surface area contributed by atoms with Crippen molar-refractivity contribution in [3.8, 4) is 66.8 Å². The third kappa shape index (κ3) is 5.77. The molecule has 0 saturated carbocycles. The number of anilines is 3. The molecule has 1 nitrogen and oxygen atoms in total. The highest BCUT2D eigenvalue weighted by Crippen LogP contribution is 2.63. The van der Waals surface area contributed by atoms with Crippen molar-refractivity contribution in [1.82, 2.24) is 0 Å². The third-order valence-corrected chi connectivity index (χ3v) is 15.7. The van der Waals surface area contributed by atoms with Gasteiger partial charge in [0.25, 0.3) is 0 Å². The second-order valence-corrected chi connectivity index (χ2v) is 19.6. The largest absolute Gasteiger partial charge is 0.310 e. The molecule has 0 heterocycles. The first kappa shape index (κ1) is 39.6. The molecule has 0 unspecified atom stereocenters. The molecule has 0 atom stereocenters. The van der Waals surface area contributed by atoms with E-state index in [0.717, 1.165) is 17.1 Å². The third-order valence-electron chi connectivity index (χ3n) is 15.7. The maximum Gasteiger partial charge on any atom is 0.0726 e. The van der Waals surface area contributed by atoms with Gasteiger partial charge in [-0.25, -0.2) is 0 Å². The summed E-state index contributed by atoms with van der Waals surface area (Å²) in [5.74, 6) is 0. The Morgan fingerprint density at radius 1 is 0.261 bits per heavy atom. The number of hydrogen-bond donors (Lipinski definition) is 0. The van der Waals surface area contributed by atoms with Gasteiger partial charge in [0.15, 0.2) is 0 Å². The Hall–Kier alpha value is -8.52. The number of rotatable bonds is 6. The van der Waals surface area contributed by atoms with Crippen molar-refractivity contribution >= 4 is 27.8 Å². The van der Waals surface area contributed by atoms with E-state index in [1.165, 1.54) is 111 Å². The zero-order chi connectivity index (χ0) is 45.8. The normalized spacial score (nSPS) is 13.9. The summed E-state index contributed by atoms with van der Waals surface area (Å²) in [6, 6.07) is 93.0. The summed E-state index contributed by atoms with van der Waals surface area (Å²) in [5, 5.41) is 2.55. The van der Waals surface area contributed by atoms with Crippen molar-refractivity contribution < 1.29 is 0 Å². The van der Waals surface area contributed by atoms with Crippen LogP contribution in [0.2, 0.25) is 0 Å². The summed E-state index contributed by atoms with van der Waals surface area (Å²) >= 11 is 0. The second-order valence-electron chi connectivity index (χ2n) is 19.6. The molecule has 324 valence electrons. The van der Waals surface area contributed by atoms with E-state index in [-0.39, 0.29) is 5.41 Å². The van der Waals surface area contributed by atoms with E-state index in [9.17, 15) is 0 Å². The summed E-state index contributed by atoms with van der Waals surface area (Å²) in [4.78, 5) is 2.49. The average Bonchev–Trinajstić information content (AvgIpc) is 3.97. The number of benzene rings is 11. The van der Waals surface area contributed by atoms with E-state index in [2.05, 4.69) is 267 Å². The molecule has 1 spiro atoms. The molecule has 0 N–H and O–H groups in total. The van der Waals surface area contributed by atoms with Crippen LogP contribution in [0.3, 0.4) is 0 Å². The lowest BCUT2D eigenvalue weighted by Crippen LogP contribution is -2.26. The van der Waals surface area contributed by atoms with E-state index in [4.69, 9.17) is 0 Å². The summed E-state index contributed by atoms with van der Waals surface area (Å²) in [5.41, 5.74) is 26.0. The predicted molar refractivity (Wildman–Crippen MR) is 289 cm³/mol. The molecule has 11 aromatic rings. The first-order valence-corrected chi connectivity index (χ1v) is 24.2. The van der Waals surface area contributed by atoms with E-state index < -0.39 is 5.41 Å². The van der Waals surface area contributed by atoms with Crippen LogP contribution in [0.5, 0.6) is 0 Å². The molecule has 0 fully saturated rings. The van der Waals surface area contributed by atoms with Crippen molar-refractivity contribution in [2.75, 3.05) is 4.90 Å². The molecule has 0 bridgehead atoms.